The maximum Gasteiger partial charge on any atom is 0.0900 e. The van der Waals surface area contributed by atoms with E-state index in [0.29, 0.717) is 25.8 Å². The number of nitrogens with zero attached hydrogens (tertiary/aromatic N) is 2. The van der Waals surface area contributed by atoms with Crippen molar-refractivity contribution in [3.8, 4) is 0 Å². The summed E-state index contributed by atoms with van der Waals surface area (Å²) in [5, 5.41) is 14.5. The normalized spacial score (nSPS) is 21.2. The van der Waals surface area contributed by atoms with Gasteiger partial charge in [0, 0.05) is 45.9 Å². The highest BCUT2D eigenvalue weighted by Gasteiger charge is 2.23. The van der Waals surface area contributed by atoms with Crippen LogP contribution in [0.25, 0.3) is 0 Å². The highest BCUT2D eigenvalue weighted by Crippen LogP contribution is 2.23. The van der Waals surface area contributed by atoms with Gasteiger partial charge in [0.1, 0.15) is 0 Å². The molecule has 2 rings (SSSR count). The fourth-order valence-corrected chi connectivity index (χ4v) is 3.71. The van der Waals surface area contributed by atoms with Crippen molar-refractivity contribution in [3.05, 3.63) is 22.4 Å². The summed E-state index contributed by atoms with van der Waals surface area (Å²) in [6, 6.07) is 2.69. The van der Waals surface area contributed by atoms with E-state index < -0.39 is 6.10 Å². The van der Waals surface area contributed by atoms with E-state index in [1.807, 2.05) is 6.92 Å². The Morgan fingerprint density at radius 2 is 1.96 bits per heavy atom. The molecule has 0 amide bonds. The van der Waals surface area contributed by atoms with E-state index in [1.54, 1.807) is 18.4 Å². The van der Waals surface area contributed by atoms with Crippen LogP contribution >= 0.6 is 11.3 Å². The summed E-state index contributed by atoms with van der Waals surface area (Å²) >= 11 is 1.76. The van der Waals surface area contributed by atoms with Gasteiger partial charge >= 0.3 is 0 Å². The summed E-state index contributed by atoms with van der Waals surface area (Å²) < 4.78 is 10.6. The van der Waals surface area contributed by atoms with Gasteiger partial charge in [0.25, 0.3) is 0 Å². The van der Waals surface area contributed by atoms with Gasteiger partial charge in [-0.3, -0.25) is 9.80 Å². The first-order valence-electron chi connectivity index (χ1n) is 8.37. The van der Waals surface area contributed by atoms with Crippen molar-refractivity contribution >= 4 is 11.3 Å². The summed E-state index contributed by atoms with van der Waals surface area (Å²) in [5.74, 6) is 0. The average Bonchev–Trinajstić information content (AvgIpc) is 3.08. The molecule has 0 unspecified atom stereocenters. The Morgan fingerprint density at radius 3 is 2.57 bits per heavy atom. The Bertz CT molecular complexity index is 421. The van der Waals surface area contributed by atoms with Crippen molar-refractivity contribution in [2.24, 2.45) is 0 Å². The van der Waals surface area contributed by atoms with Crippen molar-refractivity contribution in [2.75, 3.05) is 53.0 Å². The SMILES string of the molecule is COC[C@H](C)OC[C@@H](O)CN1CCN([C@H](C)c2ccsc2)CC1. The Morgan fingerprint density at radius 1 is 1.22 bits per heavy atom. The molecule has 0 radical (unpaired) electrons. The average molecular weight is 343 g/mol. The lowest BCUT2D eigenvalue weighted by Crippen LogP contribution is -2.49. The van der Waals surface area contributed by atoms with Gasteiger partial charge in [0.2, 0.25) is 0 Å². The zero-order chi connectivity index (χ0) is 16.7. The quantitative estimate of drug-likeness (QED) is 0.742. The van der Waals surface area contributed by atoms with Crippen molar-refractivity contribution in [2.45, 2.75) is 32.1 Å². The molecule has 1 aliphatic heterocycles. The molecular formula is C17H30N2O3S. The summed E-state index contributed by atoms with van der Waals surface area (Å²) in [5.41, 5.74) is 1.41. The third kappa shape index (κ3) is 6.14. The minimum atomic E-state index is -0.435. The largest absolute Gasteiger partial charge is 0.389 e. The summed E-state index contributed by atoms with van der Waals surface area (Å²) in [4.78, 5) is 4.84. The van der Waals surface area contributed by atoms with Crippen LogP contribution in [0.5, 0.6) is 0 Å². The summed E-state index contributed by atoms with van der Waals surface area (Å²) in [6.45, 7) is 9.94. The molecule has 1 N–H and O–H groups in total. The summed E-state index contributed by atoms with van der Waals surface area (Å²) in [7, 11) is 1.66. The molecule has 5 nitrogen and oxygen atoms in total. The van der Waals surface area contributed by atoms with E-state index in [9.17, 15) is 5.11 Å². The van der Waals surface area contributed by atoms with Gasteiger partial charge in [-0.15, -0.1) is 0 Å². The number of rotatable bonds is 9. The third-order valence-corrected chi connectivity index (χ3v) is 5.13. The number of aliphatic hydroxyl groups is 1. The van der Waals surface area contributed by atoms with Crippen molar-refractivity contribution in [1.82, 2.24) is 9.80 Å². The molecule has 1 saturated heterocycles. The fraction of sp³-hybridized carbons (Fsp3) is 0.765. The number of β-amino-alcohol motifs (C(OH)–C–C–N with tert-alkyl or cyclic N) is 1. The van der Waals surface area contributed by atoms with Crippen molar-refractivity contribution in [3.63, 3.8) is 0 Å². The lowest BCUT2D eigenvalue weighted by atomic mass is 10.1. The molecule has 0 bridgehead atoms. The first kappa shape index (κ1) is 18.8. The van der Waals surface area contributed by atoms with Crippen molar-refractivity contribution in [1.29, 1.82) is 0 Å². The highest BCUT2D eigenvalue weighted by atomic mass is 32.1. The minimum absolute atomic E-state index is 0.0259. The van der Waals surface area contributed by atoms with Gasteiger partial charge < -0.3 is 14.6 Å². The van der Waals surface area contributed by atoms with E-state index in [1.165, 1.54) is 5.56 Å². The Balaban J connectivity index is 1.66. The molecule has 2 heterocycles. The minimum Gasteiger partial charge on any atom is -0.389 e. The van der Waals surface area contributed by atoms with Gasteiger partial charge in [0.05, 0.1) is 25.4 Å². The lowest BCUT2D eigenvalue weighted by Gasteiger charge is -2.38. The van der Waals surface area contributed by atoms with Crippen LogP contribution in [0.3, 0.4) is 0 Å². The maximum absolute atomic E-state index is 10.1. The zero-order valence-corrected chi connectivity index (χ0v) is 15.3. The number of methoxy groups -OCH3 is 1. The van der Waals surface area contributed by atoms with Crippen LogP contribution in [0.4, 0.5) is 0 Å². The monoisotopic (exact) mass is 342 g/mol. The number of thiophene rings is 1. The second-order valence-electron chi connectivity index (χ2n) is 6.32. The third-order valence-electron chi connectivity index (χ3n) is 4.42. The van der Waals surface area contributed by atoms with Crippen LogP contribution in [-0.2, 0) is 9.47 Å². The fourth-order valence-electron chi connectivity index (χ4n) is 2.97. The second-order valence-corrected chi connectivity index (χ2v) is 7.10. The molecule has 6 heteroatoms. The molecule has 0 aromatic carbocycles. The first-order chi connectivity index (χ1) is 11.1. The van der Waals surface area contributed by atoms with Gasteiger partial charge in [0.15, 0.2) is 0 Å². The van der Waals surface area contributed by atoms with Crippen LogP contribution in [0, 0.1) is 0 Å². The van der Waals surface area contributed by atoms with E-state index >= 15 is 0 Å². The van der Waals surface area contributed by atoms with Crippen LogP contribution in [0.1, 0.15) is 25.5 Å². The molecule has 0 aliphatic carbocycles. The van der Waals surface area contributed by atoms with E-state index in [-0.39, 0.29) is 6.10 Å². The summed E-state index contributed by atoms with van der Waals surface area (Å²) in [6.07, 6.45) is -0.409. The topological polar surface area (TPSA) is 45.2 Å². The maximum atomic E-state index is 10.1. The molecule has 1 fully saturated rings. The smallest absolute Gasteiger partial charge is 0.0900 e. The molecule has 1 aliphatic rings. The molecule has 132 valence electrons. The Kier molecular flexibility index (Phi) is 7.95. The molecule has 0 spiro atoms. The molecule has 3 atom stereocenters. The van der Waals surface area contributed by atoms with Crippen LogP contribution in [0.15, 0.2) is 16.8 Å². The number of ether oxygens (including phenoxy) is 2. The predicted molar refractivity (Wildman–Crippen MR) is 94.0 cm³/mol. The molecule has 1 aromatic rings. The number of piperazine rings is 1. The van der Waals surface area contributed by atoms with E-state index in [2.05, 4.69) is 33.6 Å². The lowest BCUT2D eigenvalue weighted by molar-refractivity contribution is -0.0435. The van der Waals surface area contributed by atoms with Crippen LogP contribution in [-0.4, -0.2) is 80.2 Å². The Labute approximate surface area is 143 Å². The standard InChI is InChI=1S/C17H30N2O3S/c1-14(11-21-3)22-12-17(20)10-18-5-7-19(8-6-18)15(2)16-4-9-23-13-16/h4,9,13-15,17,20H,5-8,10-12H2,1-3H3/t14-,15+,17-/m0/s1. The number of hydrogen-bond acceptors (Lipinski definition) is 6. The predicted octanol–water partition coefficient (Wildman–Crippen LogP) is 1.84. The van der Waals surface area contributed by atoms with Crippen LogP contribution in [0.2, 0.25) is 0 Å². The number of aliphatic hydroxyl groups excluding tert-OH is 1. The molecule has 1 aromatic heterocycles. The second kappa shape index (κ2) is 9.71. The van der Waals surface area contributed by atoms with Crippen molar-refractivity contribution < 1.29 is 14.6 Å². The Hall–Kier alpha value is -0.500. The van der Waals surface area contributed by atoms with Gasteiger partial charge in [-0.25, -0.2) is 0 Å². The van der Waals surface area contributed by atoms with E-state index in [4.69, 9.17) is 9.47 Å². The van der Waals surface area contributed by atoms with Crippen LogP contribution < -0.4 is 0 Å². The van der Waals surface area contributed by atoms with Gasteiger partial charge in [-0.05, 0) is 36.2 Å². The molecule has 23 heavy (non-hydrogen) atoms. The molecular weight excluding hydrogens is 312 g/mol. The molecule has 0 saturated carbocycles. The van der Waals surface area contributed by atoms with Gasteiger partial charge in [-0.2, -0.15) is 11.3 Å². The van der Waals surface area contributed by atoms with Gasteiger partial charge in [-0.1, -0.05) is 0 Å². The highest BCUT2D eigenvalue weighted by molar-refractivity contribution is 7.07. The number of hydrogen-bond donors (Lipinski definition) is 1. The van der Waals surface area contributed by atoms with E-state index in [0.717, 1.165) is 26.2 Å². The first-order valence-corrected chi connectivity index (χ1v) is 9.31. The zero-order valence-electron chi connectivity index (χ0n) is 14.5.